The molecule has 0 radical (unpaired) electrons. The van der Waals surface area contributed by atoms with Gasteiger partial charge in [-0.1, -0.05) is 0 Å². The van der Waals surface area contributed by atoms with Gasteiger partial charge < -0.3 is 20.1 Å². The molecule has 5 heteroatoms. The predicted octanol–water partition coefficient (Wildman–Crippen LogP) is 1.37. The van der Waals surface area contributed by atoms with E-state index in [1.807, 2.05) is 18.2 Å². The molecule has 1 aliphatic rings. The summed E-state index contributed by atoms with van der Waals surface area (Å²) in [6, 6.07) is 5.77. The van der Waals surface area contributed by atoms with Crippen LogP contribution in [0.1, 0.15) is 24.8 Å². The molecule has 0 bridgehead atoms. The lowest BCUT2D eigenvalue weighted by molar-refractivity contribution is -0.130. The summed E-state index contributed by atoms with van der Waals surface area (Å²) in [5.41, 5.74) is 7.35. The van der Waals surface area contributed by atoms with Crippen LogP contribution in [0.4, 0.5) is 0 Å². The second kappa shape index (κ2) is 6.13. The number of hydrogen-bond acceptors (Lipinski definition) is 4. The van der Waals surface area contributed by atoms with Gasteiger partial charge in [-0.05, 0) is 24.1 Å². The third-order valence-corrected chi connectivity index (χ3v) is 3.91. The molecule has 1 heterocycles. The smallest absolute Gasteiger partial charge is 0.219 e. The van der Waals surface area contributed by atoms with Crippen LogP contribution in [0, 0.1) is 0 Å². The van der Waals surface area contributed by atoms with E-state index in [1.54, 1.807) is 26.0 Å². The van der Waals surface area contributed by atoms with E-state index in [4.69, 9.17) is 15.2 Å². The molecule has 2 atom stereocenters. The van der Waals surface area contributed by atoms with Gasteiger partial charge in [0.25, 0.3) is 0 Å². The number of carbonyl (C=O) groups excluding carboxylic acids is 1. The molecule has 0 aromatic heterocycles. The molecule has 5 nitrogen and oxygen atoms in total. The Balaban J connectivity index is 2.21. The summed E-state index contributed by atoms with van der Waals surface area (Å²) in [5.74, 6) is 1.83. The molecule has 0 saturated carbocycles. The molecule has 1 fully saturated rings. The second-order valence-corrected chi connectivity index (χ2v) is 5.17. The maximum absolute atomic E-state index is 11.4. The Kier molecular flexibility index (Phi) is 4.49. The molecule has 2 N–H and O–H groups in total. The van der Waals surface area contributed by atoms with Crippen LogP contribution >= 0.6 is 0 Å². The minimum absolute atomic E-state index is 0.0653. The highest BCUT2D eigenvalue weighted by Gasteiger charge is 2.29. The lowest BCUT2D eigenvalue weighted by Crippen LogP contribution is -2.48. The van der Waals surface area contributed by atoms with E-state index in [1.165, 1.54) is 0 Å². The van der Waals surface area contributed by atoms with Gasteiger partial charge in [-0.25, -0.2) is 0 Å². The average molecular weight is 278 g/mol. The number of benzene rings is 1. The summed E-state index contributed by atoms with van der Waals surface area (Å²) in [6.45, 7) is 2.92. The van der Waals surface area contributed by atoms with E-state index in [2.05, 4.69) is 0 Å². The highest BCUT2D eigenvalue weighted by Crippen LogP contribution is 2.33. The summed E-state index contributed by atoms with van der Waals surface area (Å²) in [4.78, 5) is 13.2. The predicted molar refractivity (Wildman–Crippen MR) is 77.1 cm³/mol. The summed E-state index contributed by atoms with van der Waals surface area (Å²) >= 11 is 0. The number of likely N-dealkylation sites (tertiary alicyclic amines) is 1. The van der Waals surface area contributed by atoms with E-state index in [0.717, 1.165) is 30.0 Å². The van der Waals surface area contributed by atoms with Crippen molar-refractivity contribution < 1.29 is 14.3 Å². The normalized spacial score (nSPS) is 22.5. The van der Waals surface area contributed by atoms with Crippen molar-refractivity contribution >= 4 is 5.91 Å². The molecule has 0 aliphatic carbocycles. The first-order valence-corrected chi connectivity index (χ1v) is 6.79. The van der Waals surface area contributed by atoms with Crippen LogP contribution in [0.5, 0.6) is 11.5 Å². The van der Waals surface area contributed by atoms with Crippen LogP contribution in [0.15, 0.2) is 18.2 Å². The van der Waals surface area contributed by atoms with Crippen molar-refractivity contribution in [2.45, 2.75) is 25.3 Å². The van der Waals surface area contributed by atoms with Crippen molar-refractivity contribution in [2.75, 3.05) is 27.3 Å². The van der Waals surface area contributed by atoms with Crippen LogP contribution in [-0.4, -0.2) is 44.2 Å². The van der Waals surface area contributed by atoms with E-state index in [-0.39, 0.29) is 17.9 Å². The molecule has 2 unspecified atom stereocenters. The highest BCUT2D eigenvalue weighted by molar-refractivity contribution is 5.73. The van der Waals surface area contributed by atoms with Crippen LogP contribution in [0.25, 0.3) is 0 Å². The van der Waals surface area contributed by atoms with Gasteiger partial charge in [0, 0.05) is 38.0 Å². The maximum atomic E-state index is 11.4. The van der Waals surface area contributed by atoms with Crippen LogP contribution in [0.3, 0.4) is 0 Å². The molecule has 1 aliphatic heterocycles. The molecule has 20 heavy (non-hydrogen) atoms. The van der Waals surface area contributed by atoms with Gasteiger partial charge in [0.1, 0.15) is 11.5 Å². The standard InChI is InChI=1S/C15H22N2O3/c1-10(18)17-5-4-14(15(16)9-17)11-6-12(19-2)8-13(7-11)20-3/h6-8,14-15H,4-5,9,16H2,1-3H3. The molecule has 1 aromatic rings. The second-order valence-electron chi connectivity index (χ2n) is 5.17. The first-order valence-electron chi connectivity index (χ1n) is 6.79. The van der Waals surface area contributed by atoms with Crippen molar-refractivity contribution in [2.24, 2.45) is 5.73 Å². The van der Waals surface area contributed by atoms with Gasteiger partial charge in [0.05, 0.1) is 14.2 Å². The van der Waals surface area contributed by atoms with E-state index in [9.17, 15) is 4.79 Å². The number of amides is 1. The van der Waals surface area contributed by atoms with Crippen LogP contribution in [-0.2, 0) is 4.79 Å². The van der Waals surface area contributed by atoms with Gasteiger partial charge in [-0.2, -0.15) is 0 Å². The van der Waals surface area contributed by atoms with Crippen LogP contribution < -0.4 is 15.2 Å². The van der Waals surface area contributed by atoms with E-state index < -0.39 is 0 Å². The first-order chi connectivity index (χ1) is 9.55. The number of methoxy groups -OCH3 is 2. The van der Waals surface area contributed by atoms with Gasteiger partial charge in [-0.3, -0.25) is 4.79 Å². The Labute approximate surface area is 119 Å². The molecular weight excluding hydrogens is 256 g/mol. The molecule has 1 aromatic carbocycles. The number of nitrogens with zero attached hydrogens (tertiary/aromatic N) is 1. The van der Waals surface area contributed by atoms with Crippen molar-refractivity contribution in [1.29, 1.82) is 0 Å². The third-order valence-electron chi connectivity index (χ3n) is 3.91. The third kappa shape index (κ3) is 3.04. The largest absolute Gasteiger partial charge is 0.497 e. The molecule has 0 spiro atoms. The molecule has 1 amide bonds. The van der Waals surface area contributed by atoms with E-state index >= 15 is 0 Å². The van der Waals surface area contributed by atoms with E-state index in [0.29, 0.717) is 6.54 Å². The van der Waals surface area contributed by atoms with Gasteiger partial charge >= 0.3 is 0 Å². The molecule has 110 valence electrons. The summed E-state index contributed by atoms with van der Waals surface area (Å²) < 4.78 is 10.6. The minimum atomic E-state index is -0.0653. The fraction of sp³-hybridized carbons (Fsp3) is 0.533. The Morgan fingerprint density at radius 1 is 1.25 bits per heavy atom. The zero-order valence-electron chi connectivity index (χ0n) is 12.3. The fourth-order valence-electron chi connectivity index (χ4n) is 2.73. The summed E-state index contributed by atoms with van der Waals surface area (Å²) in [5, 5.41) is 0. The van der Waals surface area contributed by atoms with Gasteiger partial charge in [0.15, 0.2) is 0 Å². The number of carbonyl (C=O) groups is 1. The van der Waals surface area contributed by atoms with Gasteiger partial charge in [0.2, 0.25) is 5.91 Å². The molecule has 1 saturated heterocycles. The average Bonchev–Trinajstić information content (AvgIpc) is 2.46. The Morgan fingerprint density at radius 3 is 2.30 bits per heavy atom. The number of nitrogens with two attached hydrogens (primary N) is 1. The molecular formula is C15H22N2O3. The minimum Gasteiger partial charge on any atom is -0.497 e. The van der Waals surface area contributed by atoms with Crippen molar-refractivity contribution in [1.82, 2.24) is 4.90 Å². The number of piperidine rings is 1. The zero-order valence-corrected chi connectivity index (χ0v) is 12.3. The highest BCUT2D eigenvalue weighted by atomic mass is 16.5. The number of rotatable bonds is 3. The topological polar surface area (TPSA) is 64.8 Å². The van der Waals surface area contributed by atoms with Crippen molar-refractivity contribution in [3.63, 3.8) is 0 Å². The monoisotopic (exact) mass is 278 g/mol. The summed E-state index contributed by atoms with van der Waals surface area (Å²) in [6.07, 6.45) is 0.858. The fourth-order valence-corrected chi connectivity index (χ4v) is 2.73. The zero-order chi connectivity index (χ0) is 14.7. The first kappa shape index (κ1) is 14.7. The van der Waals surface area contributed by atoms with Gasteiger partial charge in [-0.15, -0.1) is 0 Å². The Bertz CT molecular complexity index is 468. The number of hydrogen-bond donors (Lipinski definition) is 1. The maximum Gasteiger partial charge on any atom is 0.219 e. The molecule has 2 rings (SSSR count). The van der Waals surface area contributed by atoms with Crippen molar-refractivity contribution in [3.8, 4) is 11.5 Å². The van der Waals surface area contributed by atoms with Crippen LogP contribution in [0.2, 0.25) is 0 Å². The quantitative estimate of drug-likeness (QED) is 0.907. The van der Waals surface area contributed by atoms with Crippen molar-refractivity contribution in [3.05, 3.63) is 23.8 Å². The lowest BCUT2D eigenvalue weighted by atomic mass is 9.85. The summed E-state index contributed by atoms with van der Waals surface area (Å²) in [7, 11) is 3.27. The Morgan fingerprint density at radius 2 is 1.85 bits per heavy atom. The number of ether oxygens (including phenoxy) is 2. The SMILES string of the molecule is COc1cc(OC)cc(C2CCN(C(C)=O)CC2N)c1. The lowest BCUT2D eigenvalue weighted by Gasteiger charge is -2.36. The Hall–Kier alpha value is -1.75.